The highest BCUT2D eigenvalue weighted by Crippen LogP contribution is 2.27. The van der Waals surface area contributed by atoms with Crippen LogP contribution in [0.1, 0.15) is 19.3 Å². The minimum absolute atomic E-state index is 0.311. The SMILES string of the molecule is CN(C[C@H]1CCN(CCO)C1)C1CC1. The summed E-state index contributed by atoms with van der Waals surface area (Å²) in [4.78, 5) is 4.90. The molecule has 0 radical (unpaired) electrons. The van der Waals surface area contributed by atoms with Crippen LogP contribution in [0.25, 0.3) is 0 Å². The lowest BCUT2D eigenvalue weighted by atomic mass is 10.1. The summed E-state index contributed by atoms with van der Waals surface area (Å²) in [6.45, 7) is 4.81. The van der Waals surface area contributed by atoms with Crippen LogP contribution in [0.4, 0.5) is 0 Å². The second kappa shape index (κ2) is 4.60. The van der Waals surface area contributed by atoms with Crippen molar-refractivity contribution in [2.75, 3.05) is 39.8 Å². The van der Waals surface area contributed by atoms with Gasteiger partial charge in [0.15, 0.2) is 0 Å². The van der Waals surface area contributed by atoms with Crippen LogP contribution in [0.5, 0.6) is 0 Å². The molecule has 1 heterocycles. The molecule has 3 heteroatoms. The van der Waals surface area contributed by atoms with Gasteiger partial charge in [0.25, 0.3) is 0 Å². The molecule has 0 aromatic carbocycles. The molecule has 1 saturated carbocycles. The fraction of sp³-hybridized carbons (Fsp3) is 1.00. The highest BCUT2D eigenvalue weighted by atomic mass is 16.3. The third kappa shape index (κ3) is 2.69. The predicted molar refractivity (Wildman–Crippen MR) is 57.3 cm³/mol. The van der Waals surface area contributed by atoms with Crippen molar-refractivity contribution >= 4 is 0 Å². The molecule has 0 amide bonds. The van der Waals surface area contributed by atoms with E-state index < -0.39 is 0 Å². The van der Waals surface area contributed by atoms with E-state index in [1.165, 1.54) is 38.9 Å². The van der Waals surface area contributed by atoms with Crippen LogP contribution in [0.15, 0.2) is 0 Å². The highest BCUT2D eigenvalue weighted by Gasteiger charge is 2.30. The van der Waals surface area contributed by atoms with Crippen LogP contribution >= 0.6 is 0 Å². The number of hydrogen-bond donors (Lipinski definition) is 1. The van der Waals surface area contributed by atoms with Gasteiger partial charge in [0, 0.05) is 25.7 Å². The van der Waals surface area contributed by atoms with Gasteiger partial charge in [-0.1, -0.05) is 0 Å². The third-order valence-corrected chi connectivity index (χ3v) is 3.50. The smallest absolute Gasteiger partial charge is 0.0558 e. The number of nitrogens with zero attached hydrogens (tertiary/aromatic N) is 2. The van der Waals surface area contributed by atoms with Crippen LogP contribution in [-0.4, -0.2) is 60.8 Å². The molecule has 3 nitrogen and oxygen atoms in total. The summed E-state index contributed by atoms with van der Waals surface area (Å²) < 4.78 is 0. The Bertz CT molecular complexity index is 182. The van der Waals surface area contributed by atoms with E-state index in [0.29, 0.717) is 6.61 Å². The summed E-state index contributed by atoms with van der Waals surface area (Å²) in [6, 6.07) is 0.891. The predicted octanol–water partition coefficient (Wildman–Crippen LogP) is 0.395. The lowest BCUT2D eigenvalue weighted by Gasteiger charge is -2.20. The van der Waals surface area contributed by atoms with Gasteiger partial charge in [-0.25, -0.2) is 0 Å². The number of likely N-dealkylation sites (tertiary alicyclic amines) is 1. The molecule has 2 aliphatic rings. The first kappa shape index (κ1) is 10.4. The minimum Gasteiger partial charge on any atom is -0.395 e. The molecule has 1 N–H and O–H groups in total. The first-order valence-electron chi connectivity index (χ1n) is 5.83. The largest absolute Gasteiger partial charge is 0.395 e. The molecule has 1 saturated heterocycles. The number of hydrogen-bond acceptors (Lipinski definition) is 3. The summed E-state index contributed by atoms with van der Waals surface area (Å²) in [5, 5.41) is 8.84. The number of rotatable bonds is 5. The molecule has 0 unspecified atom stereocenters. The van der Waals surface area contributed by atoms with Gasteiger partial charge in [-0.05, 0) is 38.8 Å². The zero-order chi connectivity index (χ0) is 9.97. The van der Waals surface area contributed by atoms with E-state index in [1.54, 1.807) is 0 Å². The fourth-order valence-electron chi connectivity index (χ4n) is 2.48. The van der Waals surface area contributed by atoms with E-state index in [2.05, 4.69) is 16.8 Å². The second-order valence-electron chi connectivity index (χ2n) is 4.85. The second-order valence-corrected chi connectivity index (χ2v) is 4.85. The Kier molecular flexibility index (Phi) is 3.42. The van der Waals surface area contributed by atoms with Gasteiger partial charge in [0.05, 0.1) is 6.61 Å². The molecule has 82 valence electrons. The third-order valence-electron chi connectivity index (χ3n) is 3.50. The average molecular weight is 198 g/mol. The molecular formula is C11H22N2O. The lowest BCUT2D eigenvalue weighted by Crippen LogP contribution is -2.30. The maximum Gasteiger partial charge on any atom is 0.0558 e. The molecule has 14 heavy (non-hydrogen) atoms. The van der Waals surface area contributed by atoms with Gasteiger partial charge in [0.2, 0.25) is 0 Å². The summed E-state index contributed by atoms with van der Waals surface area (Å²) in [7, 11) is 2.26. The Labute approximate surface area is 86.7 Å². The first-order valence-corrected chi connectivity index (χ1v) is 5.83. The number of β-amino-alcohol motifs (C(OH)–C–C–N with tert-alkyl or cyclic N) is 1. The van der Waals surface area contributed by atoms with E-state index in [9.17, 15) is 0 Å². The molecule has 0 spiro atoms. The van der Waals surface area contributed by atoms with Crippen molar-refractivity contribution in [1.82, 2.24) is 9.80 Å². The zero-order valence-corrected chi connectivity index (χ0v) is 9.15. The number of aliphatic hydroxyl groups is 1. The molecule has 1 atom stereocenters. The highest BCUT2D eigenvalue weighted by molar-refractivity contribution is 4.85. The maximum absolute atomic E-state index is 8.84. The Morgan fingerprint density at radius 1 is 1.36 bits per heavy atom. The first-order chi connectivity index (χ1) is 6.79. The topological polar surface area (TPSA) is 26.7 Å². The summed E-state index contributed by atoms with van der Waals surface area (Å²) in [6.07, 6.45) is 4.13. The van der Waals surface area contributed by atoms with Crippen molar-refractivity contribution in [3.63, 3.8) is 0 Å². The van der Waals surface area contributed by atoms with E-state index in [0.717, 1.165) is 18.5 Å². The van der Waals surface area contributed by atoms with Gasteiger partial charge >= 0.3 is 0 Å². The molecular weight excluding hydrogens is 176 g/mol. The fourth-order valence-corrected chi connectivity index (χ4v) is 2.48. The summed E-state index contributed by atoms with van der Waals surface area (Å²) in [5.74, 6) is 0.840. The molecule has 2 fully saturated rings. The molecule has 2 rings (SSSR count). The van der Waals surface area contributed by atoms with Gasteiger partial charge in [-0.3, -0.25) is 0 Å². The Morgan fingerprint density at radius 3 is 2.79 bits per heavy atom. The van der Waals surface area contributed by atoms with Crippen molar-refractivity contribution in [2.45, 2.75) is 25.3 Å². The summed E-state index contributed by atoms with van der Waals surface area (Å²) in [5.41, 5.74) is 0. The molecule has 0 bridgehead atoms. The lowest BCUT2D eigenvalue weighted by molar-refractivity contribution is 0.209. The quantitative estimate of drug-likeness (QED) is 0.692. The molecule has 1 aliphatic heterocycles. The maximum atomic E-state index is 8.84. The van der Waals surface area contributed by atoms with Crippen molar-refractivity contribution < 1.29 is 5.11 Å². The molecule has 0 aromatic rings. The van der Waals surface area contributed by atoms with E-state index in [4.69, 9.17) is 5.11 Å². The van der Waals surface area contributed by atoms with E-state index in [-0.39, 0.29) is 0 Å². The van der Waals surface area contributed by atoms with Crippen LogP contribution in [0.3, 0.4) is 0 Å². The Morgan fingerprint density at radius 2 is 2.14 bits per heavy atom. The minimum atomic E-state index is 0.311. The van der Waals surface area contributed by atoms with Gasteiger partial charge < -0.3 is 14.9 Å². The normalized spacial score (nSPS) is 28.9. The average Bonchev–Trinajstić information content (AvgIpc) is 2.92. The van der Waals surface area contributed by atoms with E-state index in [1.807, 2.05) is 0 Å². The van der Waals surface area contributed by atoms with E-state index >= 15 is 0 Å². The van der Waals surface area contributed by atoms with Gasteiger partial charge in [-0.15, -0.1) is 0 Å². The van der Waals surface area contributed by atoms with Gasteiger partial charge in [-0.2, -0.15) is 0 Å². The summed E-state index contributed by atoms with van der Waals surface area (Å²) >= 11 is 0. The molecule has 1 aliphatic carbocycles. The standard InChI is InChI=1S/C11H22N2O/c1-12(11-2-3-11)8-10-4-5-13(9-10)6-7-14/h10-11,14H,2-9H2,1H3/t10-/m1/s1. The van der Waals surface area contributed by atoms with Gasteiger partial charge in [0.1, 0.15) is 0 Å². The van der Waals surface area contributed by atoms with Crippen LogP contribution in [-0.2, 0) is 0 Å². The number of aliphatic hydroxyl groups excluding tert-OH is 1. The Balaban J connectivity index is 1.67. The van der Waals surface area contributed by atoms with Crippen molar-refractivity contribution in [3.05, 3.63) is 0 Å². The Hall–Kier alpha value is -0.120. The van der Waals surface area contributed by atoms with Crippen molar-refractivity contribution in [1.29, 1.82) is 0 Å². The monoisotopic (exact) mass is 198 g/mol. The van der Waals surface area contributed by atoms with Crippen molar-refractivity contribution in [2.24, 2.45) is 5.92 Å². The molecule has 0 aromatic heterocycles. The van der Waals surface area contributed by atoms with Crippen LogP contribution < -0.4 is 0 Å². The van der Waals surface area contributed by atoms with Crippen molar-refractivity contribution in [3.8, 4) is 0 Å². The van der Waals surface area contributed by atoms with Crippen LogP contribution in [0.2, 0.25) is 0 Å². The zero-order valence-electron chi connectivity index (χ0n) is 9.15. The van der Waals surface area contributed by atoms with Crippen LogP contribution in [0, 0.1) is 5.92 Å².